The third-order valence-electron chi connectivity index (χ3n) is 2.47. The van der Waals surface area contributed by atoms with E-state index in [4.69, 9.17) is 33.0 Å². The van der Waals surface area contributed by atoms with Gasteiger partial charge in [-0.3, -0.25) is 0 Å². The molecule has 2 aromatic carbocycles. The number of benzene rings is 2. The molecule has 0 unspecified atom stereocenters. The summed E-state index contributed by atoms with van der Waals surface area (Å²) in [4.78, 5) is 10.8. The Balaban J connectivity index is 2.07. The molecule has 0 fully saturated rings. The quantitative estimate of drug-likeness (QED) is 0.916. The van der Waals surface area contributed by atoms with Crippen LogP contribution in [0, 0.1) is 0 Å². The fraction of sp³-hybridized carbons (Fsp3) is 0.0714. The van der Waals surface area contributed by atoms with Crippen LogP contribution in [0.4, 0.5) is 0 Å². The first-order valence-electron chi connectivity index (χ1n) is 5.46. The second-order valence-corrected chi connectivity index (χ2v) is 4.68. The smallest absolute Gasteiger partial charge is 0.335 e. The number of carboxylic acid groups (broad SMARTS) is 1. The third-order valence-corrected chi connectivity index (χ3v) is 3.21. The van der Waals surface area contributed by atoms with Gasteiger partial charge in [-0.05, 0) is 29.8 Å². The van der Waals surface area contributed by atoms with E-state index in [0.717, 1.165) is 5.56 Å². The fourth-order valence-electron chi connectivity index (χ4n) is 1.53. The SMILES string of the molecule is O=C(O)c1cccc(COc2ccc(Cl)c(Cl)c2)c1. The van der Waals surface area contributed by atoms with E-state index in [1.54, 1.807) is 36.4 Å². The van der Waals surface area contributed by atoms with Gasteiger partial charge in [0.1, 0.15) is 12.4 Å². The van der Waals surface area contributed by atoms with Crippen molar-refractivity contribution in [1.82, 2.24) is 0 Å². The van der Waals surface area contributed by atoms with Gasteiger partial charge in [0.05, 0.1) is 15.6 Å². The van der Waals surface area contributed by atoms with E-state index in [2.05, 4.69) is 0 Å². The maximum absolute atomic E-state index is 10.8. The molecule has 0 bridgehead atoms. The maximum atomic E-state index is 10.8. The van der Waals surface area contributed by atoms with Crippen LogP contribution < -0.4 is 4.74 Å². The molecular formula is C14H10Cl2O3. The lowest BCUT2D eigenvalue weighted by molar-refractivity contribution is 0.0696. The average molecular weight is 297 g/mol. The van der Waals surface area contributed by atoms with Crippen LogP contribution in [-0.4, -0.2) is 11.1 Å². The van der Waals surface area contributed by atoms with Crippen LogP contribution >= 0.6 is 23.2 Å². The van der Waals surface area contributed by atoms with Crippen molar-refractivity contribution >= 4 is 29.2 Å². The zero-order chi connectivity index (χ0) is 13.8. The highest BCUT2D eigenvalue weighted by atomic mass is 35.5. The zero-order valence-corrected chi connectivity index (χ0v) is 11.3. The highest BCUT2D eigenvalue weighted by Crippen LogP contribution is 2.26. The summed E-state index contributed by atoms with van der Waals surface area (Å²) >= 11 is 11.7. The lowest BCUT2D eigenvalue weighted by Gasteiger charge is -2.07. The first-order valence-corrected chi connectivity index (χ1v) is 6.22. The predicted octanol–water partition coefficient (Wildman–Crippen LogP) is 4.27. The van der Waals surface area contributed by atoms with Gasteiger partial charge < -0.3 is 9.84 Å². The minimum Gasteiger partial charge on any atom is -0.489 e. The summed E-state index contributed by atoms with van der Waals surface area (Å²) in [7, 11) is 0. The second-order valence-electron chi connectivity index (χ2n) is 3.87. The van der Waals surface area contributed by atoms with E-state index >= 15 is 0 Å². The monoisotopic (exact) mass is 296 g/mol. The highest BCUT2D eigenvalue weighted by molar-refractivity contribution is 6.42. The molecule has 0 spiro atoms. The van der Waals surface area contributed by atoms with Crippen molar-refractivity contribution in [2.45, 2.75) is 6.61 Å². The lowest BCUT2D eigenvalue weighted by atomic mass is 10.1. The summed E-state index contributed by atoms with van der Waals surface area (Å²) in [5.74, 6) is -0.383. The molecule has 0 radical (unpaired) electrons. The van der Waals surface area contributed by atoms with Gasteiger partial charge in [-0.1, -0.05) is 35.3 Å². The van der Waals surface area contributed by atoms with Gasteiger partial charge in [0.2, 0.25) is 0 Å². The van der Waals surface area contributed by atoms with Gasteiger partial charge in [-0.2, -0.15) is 0 Å². The van der Waals surface area contributed by atoms with Gasteiger partial charge >= 0.3 is 5.97 Å². The van der Waals surface area contributed by atoms with Gasteiger partial charge in [0.15, 0.2) is 0 Å². The number of halogens is 2. The molecule has 5 heteroatoms. The minimum absolute atomic E-state index is 0.232. The standard InChI is InChI=1S/C14H10Cl2O3/c15-12-5-4-11(7-13(12)16)19-8-9-2-1-3-10(6-9)14(17)18/h1-7H,8H2,(H,17,18). The zero-order valence-electron chi connectivity index (χ0n) is 9.77. The van der Waals surface area contributed by atoms with Crippen molar-refractivity contribution in [2.75, 3.05) is 0 Å². The largest absolute Gasteiger partial charge is 0.489 e. The van der Waals surface area contributed by atoms with Crippen LogP contribution in [0.5, 0.6) is 5.75 Å². The van der Waals surface area contributed by atoms with Crippen LogP contribution in [0.15, 0.2) is 42.5 Å². The molecule has 0 aliphatic carbocycles. The molecule has 0 saturated heterocycles. The summed E-state index contributed by atoms with van der Waals surface area (Å²) in [5.41, 5.74) is 1.00. The summed E-state index contributed by atoms with van der Waals surface area (Å²) in [6, 6.07) is 11.5. The molecule has 0 heterocycles. The van der Waals surface area contributed by atoms with E-state index in [1.807, 2.05) is 0 Å². The molecule has 2 aromatic rings. The Bertz CT molecular complexity index is 611. The Hall–Kier alpha value is -1.71. The van der Waals surface area contributed by atoms with Crippen molar-refractivity contribution in [3.63, 3.8) is 0 Å². The summed E-state index contributed by atoms with van der Waals surface area (Å²) in [6.45, 7) is 0.263. The number of hydrogen-bond acceptors (Lipinski definition) is 2. The first kappa shape index (κ1) is 13.7. The molecule has 3 nitrogen and oxygen atoms in total. The van der Waals surface area contributed by atoms with Crippen molar-refractivity contribution in [3.8, 4) is 5.75 Å². The fourth-order valence-corrected chi connectivity index (χ4v) is 1.82. The molecule has 0 aliphatic heterocycles. The van der Waals surface area contributed by atoms with Crippen LogP contribution in [0.1, 0.15) is 15.9 Å². The van der Waals surface area contributed by atoms with Gasteiger partial charge in [0, 0.05) is 6.07 Å². The molecule has 0 saturated carbocycles. The molecule has 0 aliphatic rings. The summed E-state index contributed by atoms with van der Waals surface area (Å²) in [6.07, 6.45) is 0. The number of rotatable bonds is 4. The Morgan fingerprint density at radius 2 is 1.89 bits per heavy atom. The lowest BCUT2D eigenvalue weighted by Crippen LogP contribution is -2.00. The van der Waals surface area contributed by atoms with Crippen molar-refractivity contribution < 1.29 is 14.6 Å². The molecule has 2 rings (SSSR count). The van der Waals surface area contributed by atoms with E-state index in [-0.39, 0.29) is 12.2 Å². The number of ether oxygens (including phenoxy) is 1. The van der Waals surface area contributed by atoms with Crippen molar-refractivity contribution in [1.29, 1.82) is 0 Å². The normalized spacial score (nSPS) is 10.2. The second kappa shape index (κ2) is 5.95. The number of carbonyl (C=O) groups is 1. The molecule has 0 atom stereocenters. The summed E-state index contributed by atoms with van der Waals surface area (Å²) < 4.78 is 5.53. The Morgan fingerprint density at radius 3 is 2.58 bits per heavy atom. The van der Waals surface area contributed by atoms with E-state index in [0.29, 0.717) is 15.8 Å². The number of carboxylic acids is 1. The molecule has 19 heavy (non-hydrogen) atoms. The third kappa shape index (κ3) is 3.63. The van der Waals surface area contributed by atoms with Gasteiger partial charge in [-0.25, -0.2) is 4.79 Å². The molecule has 1 N–H and O–H groups in total. The van der Waals surface area contributed by atoms with E-state index in [1.165, 1.54) is 6.07 Å². The maximum Gasteiger partial charge on any atom is 0.335 e. The Labute approximate surface area is 120 Å². The van der Waals surface area contributed by atoms with E-state index < -0.39 is 5.97 Å². The minimum atomic E-state index is -0.962. The van der Waals surface area contributed by atoms with Crippen LogP contribution in [0.2, 0.25) is 10.0 Å². The van der Waals surface area contributed by atoms with E-state index in [9.17, 15) is 4.79 Å². The number of aromatic carboxylic acids is 1. The van der Waals surface area contributed by atoms with Crippen molar-refractivity contribution in [2.24, 2.45) is 0 Å². The van der Waals surface area contributed by atoms with Gasteiger partial charge in [0.25, 0.3) is 0 Å². The predicted molar refractivity (Wildman–Crippen MR) is 74.2 cm³/mol. The number of hydrogen-bond donors (Lipinski definition) is 1. The van der Waals surface area contributed by atoms with Crippen LogP contribution in [0.25, 0.3) is 0 Å². The highest BCUT2D eigenvalue weighted by Gasteiger charge is 2.04. The van der Waals surface area contributed by atoms with Crippen LogP contribution in [0.3, 0.4) is 0 Å². The first-order chi connectivity index (χ1) is 9.06. The Kier molecular flexibility index (Phi) is 4.30. The van der Waals surface area contributed by atoms with Crippen molar-refractivity contribution in [3.05, 3.63) is 63.6 Å². The topological polar surface area (TPSA) is 46.5 Å². The molecule has 98 valence electrons. The Morgan fingerprint density at radius 1 is 1.11 bits per heavy atom. The van der Waals surface area contributed by atoms with Crippen LogP contribution in [-0.2, 0) is 6.61 Å². The summed E-state index contributed by atoms with van der Waals surface area (Å²) in [5, 5.41) is 9.76. The molecule has 0 aromatic heterocycles. The molecular weight excluding hydrogens is 287 g/mol. The van der Waals surface area contributed by atoms with Gasteiger partial charge in [-0.15, -0.1) is 0 Å². The molecule has 0 amide bonds. The average Bonchev–Trinajstić information content (AvgIpc) is 2.40.